The molecule has 0 spiro atoms. The molecule has 1 aromatic carbocycles. The number of rotatable bonds is 2. The van der Waals surface area contributed by atoms with Crippen LogP contribution in [0.2, 0.25) is 5.02 Å². The van der Waals surface area contributed by atoms with Crippen molar-refractivity contribution in [1.82, 2.24) is 0 Å². The highest BCUT2D eigenvalue weighted by atomic mass is 35.5. The number of aliphatic hydroxyl groups is 1. The van der Waals surface area contributed by atoms with Crippen molar-refractivity contribution in [2.75, 3.05) is 5.32 Å². The van der Waals surface area contributed by atoms with Gasteiger partial charge in [0, 0.05) is 18.2 Å². The third kappa shape index (κ3) is 1.83. The van der Waals surface area contributed by atoms with Crippen LogP contribution >= 0.6 is 11.6 Å². The average molecular weight is 300 g/mol. The molecule has 0 aromatic heterocycles. The Morgan fingerprint density at radius 3 is 2.70 bits per heavy atom. The van der Waals surface area contributed by atoms with Crippen LogP contribution in [0.1, 0.15) is 18.9 Å². The van der Waals surface area contributed by atoms with E-state index in [4.69, 9.17) is 21.1 Å². The van der Waals surface area contributed by atoms with Gasteiger partial charge in [0.05, 0.1) is 11.4 Å². The third-order valence-electron chi connectivity index (χ3n) is 3.40. The molecule has 1 amide bonds. The lowest BCUT2D eigenvalue weighted by atomic mass is 9.88. The van der Waals surface area contributed by atoms with E-state index in [1.54, 1.807) is 6.92 Å². The molecule has 2 heterocycles. The van der Waals surface area contributed by atoms with Crippen molar-refractivity contribution in [3.8, 4) is 0 Å². The Labute approximate surface area is 118 Å². The zero-order valence-corrected chi connectivity index (χ0v) is 11.2. The topological polar surface area (TPSA) is 67.8 Å². The van der Waals surface area contributed by atoms with Crippen molar-refractivity contribution in [3.63, 3.8) is 0 Å². The Balaban J connectivity index is 2.02. The largest absolute Gasteiger partial charge is 0.457 e. The maximum atomic E-state index is 13.6. The number of amides is 1. The highest BCUT2D eigenvalue weighted by Gasteiger charge is 2.52. The fourth-order valence-electron chi connectivity index (χ4n) is 2.44. The van der Waals surface area contributed by atoms with Crippen molar-refractivity contribution < 1.29 is 23.8 Å². The number of benzene rings is 1. The van der Waals surface area contributed by atoms with E-state index in [2.05, 4.69) is 5.32 Å². The summed E-state index contributed by atoms with van der Waals surface area (Å²) in [7, 11) is 0. The first-order chi connectivity index (χ1) is 9.34. The molecule has 2 aliphatic heterocycles. The lowest BCUT2D eigenvalue weighted by Crippen LogP contribution is -2.43. The molecule has 1 aromatic rings. The van der Waals surface area contributed by atoms with Crippen LogP contribution in [-0.4, -0.2) is 16.8 Å². The average Bonchev–Trinajstić information content (AvgIpc) is 2.87. The van der Waals surface area contributed by atoms with E-state index in [1.807, 2.05) is 0 Å². The summed E-state index contributed by atoms with van der Waals surface area (Å²) in [6.45, 7) is 1.57. The zero-order valence-electron chi connectivity index (χ0n) is 10.4. The molecule has 20 heavy (non-hydrogen) atoms. The standard InChI is InChI=1S/C13H11ClFNO4/c1-12(19-2-3-20-12)6-13(18)7-4-9(15)8(14)5-10(7)16-11(13)17/h2-5,18H,6H2,1H3,(H,16,17). The van der Waals surface area contributed by atoms with Gasteiger partial charge in [-0.3, -0.25) is 4.79 Å². The molecule has 3 rings (SSSR count). The van der Waals surface area contributed by atoms with Crippen molar-refractivity contribution in [1.29, 1.82) is 0 Å². The first-order valence-electron chi connectivity index (χ1n) is 5.88. The van der Waals surface area contributed by atoms with Crippen molar-refractivity contribution >= 4 is 23.2 Å². The molecule has 0 aliphatic carbocycles. The minimum absolute atomic E-state index is 0.115. The highest BCUT2D eigenvalue weighted by Crippen LogP contribution is 2.44. The first-order valence-corrected chi connectivity index (χ1v) is 6.26. The molecule has 5 nitrogen and oxygen atoms in total. The van der Waals surface area contributed by atoms with E-state index < -0.39 is 23.1 Å². The predicted molar refractivity (Wildman–Crippen MR) is 68.3 cm³/mol. The molecule has 0 bridgehead atoms. The van der Waals surface area contributed by atoms with Crippen LogP contribution in [0, 0.1) is 5.82 Å². The van der Waals surface area contributed by atoms with E-state index in [0.717, 1.165) is 6.07 Å². The van der Waals surface area contributed by atoms with Crippen LogP contribution in [0.15, 0.2) is 24.7 Å². The molecular formula is C13H11ClFNO4. The SMILES string of the molecule is CC1(CC2(O)C(=O)Nc3cc(Cl)c(F)cc32)OC=CO1. The molecule has 0 fully saturated rings. The number of hydrogen-bond acceptors (Lipinski definition) is 4. The van der Waals surface area contributed by atoms with E-state index in [1.165, 1.54) is 18.6 Å². The van der Waals surface area contributed by atoms with Gasteiger partial charge in [-0.15, -0.1) is 0 Å². The lowest BCUT2D eigenvalue weighted by Gasteiger charge is -2.30. The number of ether oxygens (including phenoxy) is 2. The normalized spacial score (nSPS) is 25.9. The predicted octanol–water partition coefficient (Wildman–Crippen LogP) is 2.24. The number of carbonyl (C=O) groups is 1. The Hall–Kier alpha value is -1.79. The molecule has 2 N–H and O–H groups in total. The van der Waals surface area contributed by atoms with Gasteiger partial charge in [0.15, 0.2) is 5.60 Å². The van der Waals surface area contributed by atoms with Crippen molar-refractivity contribution in [2.24, 2.45) is 0 Å². The van der Waals surface area contributed by atoms with Gasteiger partial charge in [0.25, 0.3) is 11.7 Å². The van der Waals surface area contributed by atoms with Crippen LogP contribution in [0.5, 0.6) is 0 Å². The van der Waals surface area contributed by atoms with Gasteiger partial charge in [-0.1, -0.05) is 11.6 Å². The van der Waals surface area contributed by atoms with Gasteiger partial charge >= 0.3 is 0 Å². The molecule has 1 atom stereocenters. The summed E-state index contributed by atoms with van der Waals surface area (Å²) < 4.78 is 24.0. The Morgan fingerprint density at radius 2 is 2.05 bits per heavy atom. The number of hydrogen-bond donors (Lipinski definition) is 2. The number of halogens is 2. The summed E-state index contributed by atoms with van der Waals surface area (Å²) in [6, 6.07) is 2.31. The smallest absolute Gasteiger partial charge is 0.261 e. The molecule has 1 unspecified atom stereocenters. The molecule has 106 valence electrons. The summed E-state index contributed by atoms with van der Waals surface area (Å²) in [5, 5.41) is 13.0. The second kappa shape index (κ2) is 4.10. The number of nitrogens with one attached hydrogen (secondary N) is 1. The van der Waals surface area contributed by atoms with Gasteiger partial charge in [0.2, 0.25) is 0 Å². The molecule has 0 saturated carbocycles. The van der Waals surface area contributed by atoms with E-state index in [9.17, 15) is 14.3 Å². The highest BCUT2D eigenvalue weighted by molar-refractivity contribution is 6.31. The van der Waals surface area contributed by atoms with Crippen LogP contribution < -0.4 is 5.32 Å². The Kier molecular flexibility index (Phi) is 2.71. The van der Waals surface area contributed by atoms with Gasteiger partial charge in [-0.05, 0) is 12.1 Å². The molecule has 0 saturated heterocycles. The van der Waals surface area contributed by atoms with Gasteiger partial charge < -0.3 is 19.9 Å². The second-order valence-electron chi connectivity index (χ2n) is 4.94. The van der Waals surface area contributed by atoms with Crippen molar-refractivity contribution in [2.45, 2.75) is 24.7 Å². The lowest BCUT2D eigenvalue weighted by molar-refractivity contribution is -0.177. The summed E-state index contributed by atoms with van der Waals surface area (Å²) >= 11 is 5.66. The van der Waals surface area contributed by atoms with Crippen LogP contribution in [-0.2, 0) is 19.9 Å². The van der Waals surface area contributed by atoms with Gasteiger partial charge in [0.1, 0.15) is 18.3 Å². The monoisotopic (exact) mass is 299 g/mol. The van der Waals surface area contributed by atoms with Crippen molar-refractivity contribution in [3.05, 3.63) is 41.1 Å². The number of carbonyl (C=O) groups excluding carboxylic acids is 1. The van der Waals surface area contributed by atoms with Gasteiger partial charge in [-0.2, -0.15) is 0 Å². The maximum absolute atomic E-state index is 13.6. The van der Waals surface area contributed by atoms with Gasteiger partial charge in [-0.25, -0.2) is 4.39 Å². The minimum Gasteiger partial charge on any atom is -0.457 e. The molecular weight excluding hydrogens is 289 g/mol. The first kappa shape index (κ1) is 13.2. The Morgan fingerprint density at radius 1 is 1.40 bits per heavy atom. The number of fused-ring (bicyclic) bond motifs is 1. The van der Waals surface area contributed by atoms with Crippen LogP contribution in [0.25, 0.3) is 0 Å². The fraction of sp³-hybridized carbons (Fsp3) is 0.308. The molecule has 7 heteroatoms. The fourth-order valence-corrected chi connectivity index (χ4v) is 2.60. The molecule has 0 radical (unpaired) electrons. The Bertz CT molecular complexity index is 625. The summed E-state index contributed by atoms with van der Waals surface area (Å²) in [5.41, 5.74) is -1.55. The van der Waals surface area contributed by atoms with Crippen LogP contribution in [0.3, 0.4) is 0 Å². The van der Waals surface area contributed by atoms with E-state index in [0.29, 0.717) is 0 Å². The van der Waals surface area contributed by atoms with E-state index >= 15 is 0 Å². The number of anilines is 1. The minimum atomic E-state index is -1.94. The van der Waals surface area contributed by atoms with E-state index in [-0.39, 0.29) is 22.7 Å². The second-order valence-corrected chi connectivity index (χ2v) is 5.35. The van der Waals surface area contributed by atoms with Crippen LogP contribution in [0.4, 0.5) is 10.1 Å². The third-order valence-corrected chi connectivity index (χ3v) is 3.69. The maximum Gasteiger partial charge on any atom is 0.261 e. The zero-order chi connectivity index (χ0) is 14.5. The summed E-state index contributed by atoms with van der Waals surface area (Å²) in [6.07, 6.45) is 2.45. The summed E-state index contributed by atoms with van der Waals surface area (Å²) in [4.78, 5) is 12.0. The quantitative estimate of drug-likeness (QED) is 0.879. The summed E-state index contributed by atoms with van der Waals surface area (Å²) in [5.74, 6) is -2.57. The molecule has 2 aliphatic rings.